The van der Waals surface area contributed by atoms with Crippen molar-refractivity contribution in [2.75, 3.05) is 0 Å². The minimum Gasteiger partial charge on any atom is -0.508 e. The molecule has 0 bridgehead atoms. The topological polar surface area (TPSA) is 110 Å². The van der Waals surface area contributed by atoms with E-state index in [1.54, 1.807) is 0 Å². The van der Waals surface area contributed by atoms with Crippen molar-refractivity contribution in [3.63, 3.8) is 0 Å². The second kappa shape index (κ2) is 5.07. The third-order valence-corrected chi connectivity index (χ3v) is 4.08. The van der Waals surface area contributed by atoms with E-state index in [2.05, 4.69) is 0 Å². The van der Waals surface area contributed by atoms with E-state index in [1.807, 2.05) is 0 Å². The van der Waals surface area contributed by atoms with Crippen LogP contribution >= 0.6 is 0 Å². The molecular weight excluding hydrogens is 254 g/mol. The van der Waals surface area contributed by atoms with Gasteiger partial charge in [0.05, 0.1) is 9.79 Å². The summed E-state index contributed by atoms with van der Waals surface area (Å²) < 4.78 is 24.2. The molecule has 2 aromatic carbocycles. The average molecular weight is 267 g/mol. The molecule has 0 heterocycles. The molecule has 0 atom stereocenters. The van der Waals surface area contributed by atoms with Crippen molar-refractivity contribution in [3.05, 3.63) is 48.5 Å². The van der Waals surface area contributed by atoms with Crippen molar-refractivity contribution in [1.29, 1.82) is 0 Å². The van der Waals surface area contributed by atoms with Gasteiger partial charge in [0.2, 0.25) is 9.84 Å². The van der Waals surface area contributed by atoms with Gasteiger partial charge < -0.3 is 16.4 Å². The van der Waals surface area contributed by atoms with Crippen LogP contribution < -0.4 is 6.15 Å². The lowest BCUT2D eigenvalue weighted by atomic mass is 10.3. The summed E-state index contributed by atoms with van der Waals surface area (Å²) in [5.74, 6) is 0.0179. The van der Waals surface area contributed by atoms with Gasteiger partial charge in [0.15, 0.2) is 0 Å². The number of benzene rings is 2. The Bertz CT molecular complexity index is 567. The van der Waals surface area contributed by atoms with Crippen LogP contribution in [0, 0.1) is 0 Å². The fourth-order valence-electron chi connectivity index (χ4n) is 1.39. The van der Waals surface area contributed by atoms with Gasteiger partial charge in [-0.3, -0.25) is 0 Å². The molecule has 0 radical (unpaired) electrons. The van der Waals surface area contributed by atoms with Crippen LogP contribution in [0.2, 0.25) is 0 Å². The molecule has 96 valence electrons. The lowest BCUT2D eigenvalue weighted by Crippen LogP contribution is -2.01. The fourth-order valence-corrected chi connectivity index (χ4v) is 2.65. The highest BCUT2D eigenvalue weighted by atomic mass is 32.2. The molecule has 0 aromatic heterocycles. The maximum atomic E-state index is 12.1. The average Bonchev–Trinajstić information content (AvgIpc) is 2.30. The number of phenols is 2. The molecular formula is C12H13NO4S. The molecule has 0 aliphatic carbocycles. The number of hydrogen-bond donors (Lipinski definition) is 3. The lowest BCUT2D eigenvalue weighted by Gasteiger charge is -2.04. The molecule has 0 amide bonds. The summed E-state index contributed by atoms with van der Waals surface area (Å²) in [6, 6.07) is 10.6. The van der Waals surface area contributed by atoms with Crippen molar-refractivity contribution < 1.29 is 18.6 Å². The molecule has 0 unspecified atom stereocenters. The van der Waals surface area contributed by atoms with Crippen LogP contribution in [0.4, 0.5) is 0 Å². The molecule has 2 aromatic rings. The largest absolute Gasteiger partial charge is 0.508 e. The quantitative estimate of drug-likeness (QED) is 0.771. The van der Waals surface area contributed by atoms with E-state index in [1.165, 1.54) is 48.5 Å². The van der Waals surface area contributed by atoms with Gasteiger partial charge in [-0.1, -0.05) is 0 Å². The Kier molecular flexibility index (Phi) is 3.95. The third-order valence-electron chi connectivity index (χ3n) is 2.29. The second-order valence-corrected chi connectivity index (χ2v) is 5.44. The van der Waals surface area contributed by atoms with E-state index in [0.29, 0.717) is 0 Å². The molecule has 6 heteroatoms. The van der Waals surface area contributed by atoms with Crippen molar-refractivity contribution in [2.24, 2.45) is 0 Å². The summed E-state index contributed by atoms with van der Waals surface area (Å²) in [5.41, 5.74) is 0. The van der Waals surface area contributed by atoms with Crippen molar-refractivity contribution in [2.45, 2.75) is 9.79 Å². The Morgan fingerprint density at radius 2 is 0.944 bits per heavy atom. The highest BCUT2D eigenvalue weighted by Crippen LogP contribution is 2.23. The van der Waals surface area contributed by atoms with Gasteiger partial charge >= 0.3 is 0 Å². The second-order valence-electron chi connectivity index (χ2n) is 3.49. The molecule has 18 heavy (non-hydrogen) atoms. The summed E-state index contributed by atoms with van der Waals surface area (Å²) in [7, 11) is -3.59. The van der Waals surface area contributed by atoms with Gasteiger partial charge in [-0.05, 0) is 48.5 Å². The first-order chi connectivity index (χ1) is 8.00. The van der Waals surface area contributed by atoms with Gasteiger partial charge in [-0.2, -0.15) is 0 Å². The number of aromatic hydroxyl groups is 2. The molecule has 5 N–H and O–H groups in total. The third kappa shape index (κ3) is 2.61. The first kappa shape index (κ1) is 14.0. The maximum absolute atomic E-state index is 12.1. The van der Waals surface area contributed by atoms with E-state index in [0.717, 1.165) is 0 Å². The summed E-state index contributed by atoms with van der Waals surface area (Å²) in [6.45, 7) is 0. The Hall–Kier alpha value is -2.05. The predicted molar refractivity (Wildman–Crippen MR) is 66.7 cm³/mol. The number of phenolic OH excluding ortho intramolecular Hbond substituents is 2. The summed E-state index contributed by atoms with van der Waals surface area (Å²) in [4.78, 5) is 0.196. The number of sulfone groups is 1. The van der Waals surface area contributed by atoms with Crippen LogP contribution in [0.15, 0.2) is 58.3 Å². The van der Waals surface area contributed by atoms with E-state index in [-0.39, 0.29) is 27.4 Å². The summed E-state index contributed by atoms with van der Waals surface area (Å²) in [6.07, 6.45) is 0. The van der Waals surface area contributed by atoms with E-state index >= 15 is 0 Å². The molecule has 0 aliphatic rings. The first-order valence-corrected chi connectivity index (χ1v) is 6.31. The minimum absolute atomic E-state index is 0. The zero-order valence-corrected chi connectivity index (χ0v) is 10.3. The summed E-state index contributed by atoms with van der Waals surface area (Å²) in [5, 5.41) is 18.2. The number of hydrogen-bond acceptors (Lipinski definition) is 5. The molecule has 2 rings (SSSR count). The maximum Gasteiger partial charge on any atom is 0.206 e. The van der Waals surface area contributed by atoms with Crippen LogP contribution in [0.3, 0.4) is 0 Å². The Morgan fingerprint density at radius 3 is 1.22 bits per heavy atom. The molecule has 0 saturated carbocycles. The highest BCUT2D eigenvalue weighted by molar-refractivity contribution is 7.91. The van der Waals surface area contributed by atoms with Crippen molar-refractivity contribution in [3.8, 4) is 11.5 Å². The Labute approximate surface area is 105 Å². The van der Waals surface area contributed by atoms with Crippen molar-refractivity contribution >= 4 is 9.84 Å². The monoisotopic (exact) mass is 267 g/mol. The van der Waals surface area contributed by atoms with Gasteiger partial charge in [0.1, 0.15) is 11.5 Å². The van der Waals surface area contributed by atoms with E-state index in [4.69, 9.17) is 10.2 Å². The number of rotatable bonds is 2. The normalized spacial score (nSPS) is 10.7. The molecule has 0 saturated heterocycles. The highest BCUT2D eigenvalue weighted by Gasteiger charge is 2.17. The molecule has 0 spiro atoms. The minimum atomic E-state index is -3.59. The zero-order valence-electron chi connectivity index (χ0n) is 9.45. The summed E-state index contributed by atoms with van der Waals surface area (Å²) >= 11 is 0. The predicted octanol–water partition coefficient (Wildman–Crippen LogP) is 2.09. The zero-order chi connectivity index (χ0) is 12.5. The van der Waals surface area contributed by atoms with E-state index in [9.17, 15) is 8.42 Å². The van der Waals surface area contributed by atoms with Gasteiger partial charge in [0.25, 0.3) is 0 Å². The van der Waals surface area contributed by atoms with Crippen LogP contribution in [0.1, 0.15) is 0 Å². The van der Waals surface area contributed by atoms with Crippen LogP contribution in [0.25, 0.3) is 0 Å². The molecule has 5 nitrogen and oxygen atoms in total. The smallest absolute Gasteiger partial charge is 0.206 e. The lowest BCUT2D eigenvalue weighted by molar-refractivity contribution is 0.474. The van der Waals surface area contributed by atoms with Gasteiger partial charge in [-0.25, -0.2) is 8.42 Å². The first-order valence-electron chi connectivity index (χ1n) is 4.83. The molecule has 0 aliphatic heterocycles. The van der Waals surface area contributed by atoms with Crippen molar-refractivity contribution in [1.82, 2.24) is 6.15 Å². The Balaban J connectivity index is 0.00000162. The van der Waals surface area contributed by atoms with Crippen LogP contribution in [-0.2, 0) is 9.84 Å². The Morgan fingerprint density at radius 1 is 0.667 bits per heavy atom. The SMILES string of the molecule is N.O=S(=O)(c1ccc(O)cc1)c1ccc(O)cc1. The van der Waals surface area contributed by atoms with E-state index < -0.39 is 9.84 Å². The van der Waals surface area contributed by atoms with Crippen LogP contribution in [-0.4, -0.2) is 18.6 Å². The van der Waals surface area contributed by atoms with Crippen LogP contribution in [0.5, 0.6) is 11.5 Å². The van der Waals surface area contributed by atoms with Gasteiger partial charge in [-0.15, -0.1) is 0 Å². The standard InChI is InChI=1S/C12H10O4S.H3N/c13-9-1-5-11(6-2-9)17(15,16)12-7-3-10(14)4-8-12;/h1-8,13-14H;1H3. The molecule has 0 fully saturated rings. The van der Waals surface area contributed by atoms with Gasteiger partial charge in [0, 0.05) is 0 Å². The fraction of sp³-hybridized carbons (Fsp3) is 0.